The molecule has 0 aliphatic carbocycles. The third-order valence-electron chi connectivity index (χ3n) is 4.00. The molecular weight excluding hydrogens is 266 g/mol. The minimum Gasteiger partial charge on any atom is -0.301 e. The summed E-state index contributed by atoms with van der Waals surface area (Å²) in [4.78, 5) is 2.58. The maximum Gasteiger partial charge on any atom is 0.0138 e. The van der Waals surface area contributed by atoms with Crippen LogP contribution in [0, 0.1) is 0 Å². The molecule has 22 heavy (non-hydrogen) atoms. The smallest absolute Gasteiger partial charge is 0.0138 e. The van der Waals surface area contributed by atoms with Crippen molar-refractivity contribution in [3.63, 3.8) is 0 Å². The number of benzene rings is 1. The van der Waals surface area contributed by atoms with E-state index < -0.39 is 0 Å². The maximum atomic E-state index is 3.72. The Bertz CT molecular complexity index is 440. The maximum absolute atomic E-state index is 3.72. The predicted octanol–water partition coefficient (Wildman–Crippen LogP) is 5.41. The predicted molar refractivity (Wildman–Crippen MR) is 99.2 cm³/mol. The highest BCUT2D eigenvalue weighted by atomic mass is 15.1. The fourth-order valence-electron chi connectivity index (χ4n) is 2.76. The fourth-order valence-corrected chi connectivity index (χ4v) is 2.76. The molecule has 0 saturated carbocycles. The highest BCUT2D eigenvalue weighted by Crippen LogP contribution is 2.14. The molecule has 120 valence electrons. The molecule has 1 atom stereocenters. The lowest BCUT2D eigenvalue weighted by Crippen LogP contribution is -2.36. The van der Waals surface area contributed by atoms with E-state index in [4.69, 9.17) is 0 Å². The largest absolute Gasteiger partial charge is 0.301 e. The van der Waals surface area contributed by atoms with E-state index in [9.17, 15) is 0 Å². The Hall–Kier alpha value is -1.60. The molecule has 0 bridgehead atoms. The molecule has 0 aromatic heterocycles. The molecule has 0 heterocycles. The Morgan fingerprint density at radius 1 is 1.05 bits per heavy atom. The molecule has 1 aromatic carbocycles. The summed E-state index contributed by atoms with van der Waals surface area (Å²) in [7, 11) is 0. The van der Waals surface area contributed by atoms with E-state index in [-0.39, 0.29) is 0 Å². The van der Waals surface area contributed by atoms with Crippen molar-refractivity contribution in [2.45, 2.75) is 45.6 Å². The van der Waals surface area contributed by atoms with Gasteiger partial charge in [0.1, 0.15) is 0 Å². The summed E-state index contributed by atoms with van der Waals surface area (Å²) in [6.45, 7) is 10.5. The topological polar surface area (TPSA) is 3.24 Å². The minimum atomic E-state index is 0.624. The van der Waals surface area contributed by atoms with Crippen molar-refractivity contribution in [3.05, 3.63) is 72.9 Å². The van der Waals surface area contributed by atoms with Crippen LogP contribution < -0.4 is 0 Å². The summed E-state index contributed by atoms with van der Waals surface area (Å²) >= 11 is 0. The quantitative estimate of drug-likeness (QED) is 0.390. The van der Waals surface area contributed by atoms with Crippen LogP contribution in [0.25, 0.3) is 0 Å². The summed E-state index contributed by atoms with van der Waals surface area (Å²) < 4.78 is 0. The van der Waals surface area contributed by atoms with Gasteiger partial charge in [-0.3, -0.25) is 0 Å². The Morgan fingerprint density at radius 2 is 1.73 bits per heavy atom. The average Bonchev–Trinajstić information content (AvgIpc) is 2.56. The number of hydrogen-bond acceptors (Lipinski definition) is 1. The van der Waals surface area contributed by atoms with Crippen molar-refractivity contribution in [2.75, 3.05) is 13.1 Å². The SMILES string of the molecule is C=CC/C=C\C=C/CCC(Cc1ccccc1)N(CC)CC. The first-order valence-electron chi connectivity index (χ1n) is 8.52. The lowest BCUT2D eigenvalue weighted by atomic mass is 10.00. The lowest BCUT2D eigenvalue weighted by Gasteiger charge is -2.29. The number of rotatable bonds is 11. The molecular formula is C21H31N. The fraction of sp³-hybridized carbons (Fsp3) is 0.429. The van der Waals surface area contributed by atoms with Crippen molar-refractivity contribution in [2.24, 2.45) is 0 Å². The Morgan fingerprint density at radius 3 is 2.36 bits per heavy atom. The van der Waals surface area contributed by atoms with E-state index in [1.807, 2.05) is 6.08 Å². The number of allylic oxidation sites excluding steroid dienone is 5. The van der Waals surface area contributed by atoms with Gasteiger partial charge >= 0.3 is 0 Å². The highest BCUT2D eigenvalue weighted by Gasteiger charge is 2.15. The van der Waals surface area contributed by atoms with Gasteiger partial charge in [-0.15, -0.1) is 6.58 Å². The zero-order chi connectivity index (χ0) is 16.0. The van der Waals surface area contributed by atoms with Gasteiger partial charge < -0.3 is 4.90 Å². The summed E-state index contributed by atoms with van der Waals surface area (Å²) in [5, 5.41) is 0. The van der Waals surface area contributed by atoms with E-state index in [1.165, 1.54) is 12.0 Å². The molecule has 0 aliphatic heterocycles. The highest BCUT2D eigenvalue weighted by molar-refractivity contribution is 5.16. The molecule has 0 aliphatic rings. The number of likely N-dealkylation sites (N-methyl/N-ethyl adjacent to an activating group) is 1. The molecule has 1 nitrogen and oxygen atoms in total. The first-order valence-corrected chi connectivity index (χ1v) is 8.52. The van der Waals surface area contributed by atoms with Crippen LogP contribution in [0.2, 0.25) is 0 Å². The van der Waals surface area contributed by atoms with Crippen LogP contribution in [0.3, 0.4) is 0 Å². The van der Waals surface area contributed by atoms with Crippen LogP contribution in [0.5, 0.6) is 0 Å². The van der Waals surface area contributed by atoms with Gasteiger partial charge in [0.05, 0.1) is 0 Å². The summed E-state index contributed by atoms with van der Waals surface area (Å²) in [6, 6.07) is 11.5. The van der Waals surface area contributed by atoms with Crippen LogP contribution in [0.15, 0.2) is 67.3 Å². The van der Waals surface area contributed by atoms with Crippen LogP contribution in [-0.4, -0.2) is 24.0 Å². The number of nitrogens with zero attached hydrogens (tertiary/aromatic N) is 1. The molecule has 0 amide bonds. The molecule has 0 fully saturated rings. The van der Waals surface area contributed by atoms with E-state index >= 15 is 0 Å². The molecule has 0 saturated heterocycles. The summed E-state index contributed by atoms with van der Waals surface area (Å²) in [5.41, 5.74) is 1.44. The van der Waals surface area contributed by atoms with E-state index in [1.54, 1.807) is 0 Å². The number of hydrogen-bond donors (Lipinski definition) is 0. The zero-order valence-electron chi connectivity index (χ0n) is 14.2. The van der Waals surface area contributed by atoms with Gasteiger partial charge in [-0.25, -0.2) is 0 Å². The van der Waals surface area contributed by atoms with Gasteiger partial charge in [0.25, 0.3) is 0 Å². The standard InChI is InChI=1S/C21H31N/c1-4-7-8-9-10-11-15-18-21(22(5-2)6-3)19-20-16-13-12-14-17-20/h4,8-14,16-17,21H,1,5-7,15,18-19H2,2-3H3/b9-8-,11-10-. The summed E-state index contributed by atoms with van der Waals surface area (Å²) in [5.74, 6) is 0. The Balaban J connectivity index is 2.53. The Kier molecular flexibility index (Phi) is 10.1. The van der Waals surface area contributed by atoms with Crippen molar-refractivity contribution < 1.29 is 0 Å². The van der Waals surface area contributed by atoms with E-state index in [2.05, 4.69) is 80.0 Å². The van der Waals surface area contributed by atoms with Crippen molar-refractivity contribution in [1.82, 2.24) is 4.90 Å². The second kappa shape index (κ2) is 12.0. The lowest BCUT2D eigenvalue weighted by molar-refractivity contribution is 0.205. The molecule has 1 rings (SSSR count). The molecule has 1 aromatic rings. The third kappa shape index (κ3) is 7.42. The van der Waals surface area contributed by atoms with Crippen molar-refractivity contribution in [1.29, 1.82) is 0 Å². The average molecular weight is 297 g/mol. The van der Waals surface area contributed by atoms with Crippen LogP contribution in [-0.2, 0) is 6.42 Å². The van der Waals surface area contributed by atoms with Crippen molar-refractivity contribution in [3.8, 4) is 0 Å². The van der Waals surface area contributed by atoms with E-state index in [0.717, 1.165) is 32.4 Å². The third-order valence-corrected chi connectivity index (χ3v) is 4.00. The van der Waals surface area contributed by atoms with Gasteiger partial charge in [-0.2, -0.15) is 0 Å². The van der Waals surface area contributed by atoms with Gasteiger partial charge in [-0.05, 0) is 44.3 Å². The Labute approximate surface area is 137 Å². The monoisotopic (exact) mass is 297 g/mol. The first-order chi connectivity index (χ1) is 10.8. The van der Waals surface area contributed by atoms with Gasteiger partial charge in [0, 0.05) is 6.04 Å². The van der Waals surface area contributed by atoms with Gasteiger partial charge in [0.15, 0.2) is 0 Å². The van der Waals surface area contributed by atoms with Crippen LogP contribution in [0.4, 0.5) is 0 Å². The molecule has 1 heteroatoms. The molecule has 0 N–H and O–H groups in total. The van der Waals surface area contributed by atoms with E-state index in [0.29, 0.717) is 6.04 Å². The molecule has 0 spiro atoms. The molecule has 0 radical (unpaired) electrons. The van der Waals surface area contributed by atoms with Crippen LogP contribution >= 0.6 is 0 Å². The van der Waals surface area contributed by atoms with Crippen molar-refractivity contribution >= 4 is 0 Å². The van der Waals surface area contributed by atoms with Gasteiger partial charge in [0.2, 0.25) is 0 Å². The van der Waals surface area contributed by atoms with Gasteiger partial charge in [-0.1, -0.05) is 74.6 Å². The normalized spacial score (nSPS) is 13.2. The second-order valence-corrected chi connectivity index (χ2v) is 5.52. The minimum absolute atomic E-state index is 0.624. The van der Waals surface area contributed by atoms with Crippen LogP contribution in [0.1, 0.15) is 38.7 Å². The summed E-state index contributed by atoms with van der Waals surface area (Å²) in [6.07, 6.45) is 15.0. The molecule has 1 unspecified atom stereocenters. The first kappa shape index (κ1) is 18.4. The second-order valence-electron chi connectivity index (χ2n) is 5.52. The zero-order valence-corrected chi connectivity index (χ0v) is 14.2.